The molecule has 0 spiro atoms. The second-order valence-corrected chi connectivity index (χ2v) is 2.97. The number of hydrogen-bond acceptors (Lipinski definition) is 2. The third-order valence-electron chi connectivity index (χ3n) is 1.10. The Kier molecular flexibility index (Phi) is 13.6. The SMILES string of the molecule is CC.CC(N)Cc1cnc[nH]1.CCC. The Balaban J connectivity index is 0. The quantitative estimate of drug-likeness (QED) is 0.769. The first-order valence-electron chi connectivity index (χ1n) is 5.43. The Bertz CT molecular complexity index is 169. The molecule has 1 heterocycles. The third-order valence-corrected chi connectivity index (χ3v) is 1.10. The Labute approximate surface area is 88.1 Å². The van der Waals surface area contributed by atoms with Gasteiger partial charge in [0.2, 0.25) is 0 Å². The monoisotopic (exact) mass is 199 g/mol. The number of imidazole rings is 1. The van der Waals surface area contributed by atoms with Crippen LogP contribution in [0.1, 0.15) is 46.7 Å². The minimum Gasteiger partial charge on any atom is -0.348 e. The number of aromatic amines is 1. The van der Waals surface area contributed by atoms with Gasteiger partial charge in [-0.25, -0.2) is 4.98 Å². The molecule has 0 aliphatic rings. The van der Waals surface area contributed by atoms with Gasteiger partial charge in [0.15, 0.2) is 0 Å². The Morgan fingerprint density at radius 1 is 1.43 bits per heavy atom. The highest BCUT2D eigenvalue weighted by Gasteiger charge is 1.96. The van der Waals surface area contributed by atoms with Crippen molar-refractivity contribution in [2.75, 3.05) is 0 Å². The van der Waals surface area contributed by atoms with Crippen molar-refractivity contribution in [3.8, 4) is 0 Å². The number of aromatic nitrogens is 2. The fourth-order valence-corrected chi connectivity index (χ4v) is 0.743. The number of nitrogens with two attached hydrogens (primary N) is 1. The zero-order valence-electron chi connectivity index (χ0n) is 10.2. The highest BCUT2D eigenvalue weighted by Crippen LogP contribution is 1.93. The molecule has 0 fully saturated rings. The maximum absolute atomic E-state index is 5.54. The molecule has 0 saturated carbocycles. The van der Waals surface area contributed by atoms with Crippen molar-refractivity contribution in [3.05, 3.63) is 18.2 Å². The molecule has 0 aliphatic heterocycles. The predicted octanol–water partition coefficient (Wildman–Crippen LogP) is 2.74. The number of hydrogen-bond donors (Lipinski definition) is 2. The smallest absolute Gasteiger partial charge is 0.0921 e. The van der Waals surface area contributed by atoms with Crippen molar-refractivity contribution < 1.29 is 0 Å². The number of nitrogens with zero attached hydrogens (tertiary/aromatic N) is 1. The molecule has 0 amide bonds. The van der Waals surface area contributed by atoms with Gasteiger partial charge in [-0.3, -0.25) is 0 Å². The van der Waals surface area contributed by atoms with E-state index >= 15 is 0 Å². The summed E-state index contributed by atoms with van der Waals surface area (Å²) in [4.78, 5) is 6.84. The zero-order chi connectivity index (χ0) is 11.4. The van der Waals surface area contributed by atoms with Crippen LogP contribution in [0.2, 0.25) is 0 Å². The Hall–Kier alpha value is -0.830. The number of H-pyrrole nitrogens is 1. The van der Waals surface area contributed by atoms with Gasteiger partial charge in [-0.1, -0.05) is 34.1 Å². The van der Waals surface area contributed by atoms with Crippen molar-refractivity contribution in [3.63, 3.8) is 0 Å². The lowest BCUT2D eigenvalue weighted by Crippen LogP contribution is -2.17. The molecule has 3 heteroatoms. The van der Waals surface area contributed by atoms with Gasteiger partial charge in [0.05, 0.1) is 6.33 Å². The zero-order valence-corrected chi connectivity index (χ0v) is 10.2. The summed E-state index contributed by atoms with van der Waals surface area (Å²) in [6, 6.07) is 0.213. The molecule has 0 radical (unpaired) electrons. The van der Waals surface area contributed by atoms with Gasteiger partial charge in [-0.15, -0.1) is 0 Å². The van der Waals surface area contributed by atoms with Gasteiger partial charge in [0.25, 0.3) is 0 Å². The van der Waals surface area contributed by atoms with Crippen molar-refractivity contribution >= 4 is 0 Å². The van der Waals surface area contributed by atoms with E-state index in [9.17, 15) is 0 Å². The largest absolute Gasteiger partial charge is 0.348 e. The van der Waals surface area contributed by atoms with Gasteiger partial charge in [0, 0.05) is 24.4 Å². The van der Waals surface area contributed by atoms with E-state index in [1.54, 1.807) is 12.5 Å². The molecule has 1 aromatic heterocycles. The third kappa shape index (κ3) is 11.2. The Morgan fingerprint density at radius 3 is 2.21 bits per heavy atom. The van der Waals surface area contributed by atoms with E-state index in [1.807, 2.05) is 20.8 Å². The van der Waals surface area contributed by atoms with Crippen LogP contribution in [0.25, 0.3) is 0 Å². The molecule has 14 heavy (non-hydrogen) atoms. The van der Waals surface area contributed by atoms with Crippen LogP contribution in [0.5, 0.6) is 0 Å². The van der Waals surface area contributed by atoms with E-state index < -0.39 is 0 Å². The van der Waals surface area contributed by atoms with Crippen LogP contribution in [-0.4, -0.2) is 16.0 Å². The van der Waals surface area contributed by atoms with Gasteiger partial charge in [-0.2, -0.15) is 0 Å². The highest BCUT2D eigenvalue weighted by molar-refractivity contribution is 4.95. The van der Waals surface area contributed by atoms with Crippen LogP contribution < -0.4 is 5.73 Å². The first kappa shape index (κ1) is 15.6. The van der Waals surface area contributed by atoms with Crippen LogP contribution in [0.15, 0.2) is 12.5 Å². The van der Waals surface area contributed by atoms with Crippen molar-refractivity contribution in [2.45, 2.75) is 53.5 Å². The first-order chi connectivity index (χ1) is 6.70. The lowest BCUT2D eigenvalue weighted by atomic mass is 10.2. The van der Waals surface area contributed by atoms with Gasteiger partial charge >= 0.3 is 0 Å². The average Bonchev–Trinajstić information content (AvgIpc) is 2.61. The van der Waals surface area contributed by atoms with E-state index in [1.165, 1.54) is 6.42 Å². The molecule has 3 N–H and O–H groups in total. The normalized spacial score (nSPS) is 10.4. The minimum atomic E-state index is 0.213. The molecule has 3 nitrogen and oxygen atoms in total. The average molecular weight is 199 g/mol. The van der Waals surface area contributed by atoms with Gasteiger partial charge in [0.1, 0.15) is 0 Å². The summed E-state index contributed by atoms with van der Waals surface area (Å²) >= 11 is 0. The second kappa shape index (κ2) is 12.2. The van der Waals surface area contributed by atoms with Gasteiger partial charge < -0.3 is 10.7 Å². The molecule has 0 bridgehead atoms. The number of rotatable bonds is 2. The Morgan fingerprint density at radius 2 is 1.93 bits per heavy atom. The molecule has 1 rings (SSSR count). The molecule has 0 aromatic carbocycles. The van der Waals surface area contributed by atoms with Crippen molar-refractivity contribution in [1.29, 1.82) is 0 Å². The van der Waals surface area contributed by atoms with Crippen LogP contribution in [-0.2, 0) is 6.42 Å². The lowest BCUT2D eigenvalue weighted by molar-refractivity contribution is 0.725. The van der Waals surface area contributed by atoms with Gasteiger partial charge in [-0.05, 0) is 6.92 Å². The highest BCUT2D eigenvalue weighted by atomic mass is 14.9. The lowest BCUT2D eigenvalue weighted by Gasteiger charge is -1.99. The van der Waals surface area contributed by atoms with E-state index in [-0.39, 0.29) is 6.04 Å². The molecule has 1 atom stereocenters. The molecule has 0 aliphatic carbocycles. The summed E-state index contributed by atoms with van der Waals surface area (Å²) in [5, 5.41) is 0. The summed E-state index contributed by atoms with van der Waals surface area (Å²) in [5.74, 6) is 0. The standard InChI is InChI=1S/C6H11N3.C3H8.C2H6/c1-5(7)2-6-3-8-4-9-6;1-3-2;1-2/h3-5H,2,7H2,1H3,(H,8,9);3H2,1-2H3;1-2H3. The molecule has 1 unspecified atom stereocenters. The predicted molar refractivity (Wildman–Crippen MR) is 63.3 cm³/mol. The minimum absolute atomic E-state index is 0.213. The van der Waals surface area contributed by atoms with E-state index in [0.29, 0.717) is 0 Å². The molecular formula is C11H25N3. The molecule has 84 valence electrons. The van der Waals surface area contributed by atoms with Crippen LogP contribution in [0.4, 0.5) is 0 Å². The second-order valence-electron chi connectivity index (χ2n) is 2.97. The summed E-state index contributed by atoms with van der Waals surface area (Å²) < 4.78 is 0. The maximum atomic E-state index is 5.54. The van der Waals surface area contributed by atoms with E-state index in [4.69, 9.17) is 5.73 Å². The number of nitrogens with one attached hydrogen (secondary N) is 1. The summed E-state index contributed by atoms with van der Waals surface area (Å²) in [6.07, 6.45) is 5.58. The molecule has 1 aromatic rings. The first-order valence-corrected chi connectivity index (χ1v) is 5.43. The maximum Gasteiger partial charge on any atom is 0.0921 e. The van der Waals surface area contributed by atoms with Crippen LogP contribution >= 0.6 is 0 Å². The summed E-state index contributed by atoms with van der Waals surface area (Å²) in [6.45, 7) is 10.2. The van der Waals surface area contributed by atoms with Crippen LogP contribution in [0.3, 0.4) is 0 Å². The fraction of sp³-hybridized carbons (Fsp3) is 0.727. The molecule has 0 saturated heterocycles. The van der Waals surface area contributed by atoms with E-state index in [0.717, 1.165) is 12.1 Å². The van der Waals surface area contributed by atoms with Crippen molar-refractivity contribution in [1.82, 2.24) is 9.97 Å². The fourth-order valence-electron chi connectivity index (χ4n) is 0.743. The van der Waals surface area contributed by atoms with E-state index in [2.05, 4.69) is 23.8 Å². The van der Waals surface area contributed by atoms with Crippen molar-refractivity contribution in [2.24, 2.45) is 5.73 Å². The van der Waals surface area contributed by atoms with Crippen LogP contribution in [0, 0.1) is 0 Å². The summed E-state index contributed by atoms with van der Waals surface area (Å²) in [5.41, 5.74) is 6.64. The summed E-state index contributed by atoms with van der Waals surface area (Å²) in [7, 11) is 0. The topological polar surface area (TPSA) is 54.7 Å². The molecular weight excluding hydrogens is 174 g/mol.